The maximum Gasteiger partial charge on any atom is 0.323 e. The van der Waals surface area contributed by atoms with E-state index in [4.69, 9.17) is 5.11 Å². The van der Waals surface area contributed by atoms with Crippen molar-refractivity contribution in [1.29, 1.82) is 0 Å². The van der Waals surface area contributed by atoms with Gasteiger partial charge >= 0.3 is 5.97 Å². The molecule has 1 aromatic carbocycles. The quantitative estimate of drug-likeness (QED) is 0.870. The summed E-state index contributed by atoms with van der Waals surface area (Å²) in [6.45, 7) is 3.62. The maximum atomic E-state index is 13.1. The Morgan fingerprint density at radius 1 is 1.25 bits per heavy atom. The molecule has 1 aromatic rings. The van der Waals surface area contributed by atoms with Crippen molar-refractivity contribution in [3.8, 4) is 0 Å². The molecular formula is C14H17F2NO3. The van der Waals surface area contributed by atoms with Crippen molar-refractivity contribution in [3.63, 3.8) is 0 Å². The van der Waals surface area contributed by atoms with Crippen molar-refractivity contribution in [2.24, 2.45) is 5.92 Å². The van der Waals surface area contributed by atoms with Crippen LogP contribution in [0.4, 0.5) is 8.78 Å². The van der Waals surface area contributed by atoms with Gasteiger partial charge in [-0.2, -0.15) is 0 Å². The molecule has 4 nitrogen and oxygen atoms in total. The molecule has 1 N–H and O–H groups in total. The molecule has 110 valence electrons. The van der Waals surface area contributed by atoms with Crippen LogP contribution in [-0.2, 0) is 16.0 Å². The number of hydrogen-bond donors (Lipinski definition) is 1. The van der Waals surface area contributed by atoms with E-state index < -0.39 is 30.1 Å². The molecule has 0 aliphatic carbocycles. The molecule has 1 amide bonds. The third-order valence-electron chi connectivity index (χ3n) is 2.60. The van der Waals surface area contributed by atoms with Gasteiger partial charge < -0.3 is 10.0 Å². The van der Waals surface area contributed by atoms with Crippen LogP contribution in [0.2, 0.25) is 0 Å². The van der Waals surface area contributed by atoms with Gasteiger partial charge in [-0.05, 0) is 23.6 Å². The molecule has 0 saturated carbocycles. The lowest BCUT2D eigenvalue weighted by Gasteiger charge is -2.22. The average molecular weight is 285 g/mol. The normalized spacial score (nSPS) is 10.7. The Bertz CT molecular complexity index is 503. The summed E-state index contributed by atoms with van der Waals surface area (Å²) in [5.41, 5.74) is 0.313. The molecule has 0 heterocycles. The van der Waals surface area contributed by atoms with E-state index in [-0.39, 0.29) is 12.3 Å². The molecule has 6 heteroatoms. The number of carboxylic acid groups (broad SMARTS) is 1. The second kappa shape index (κ2) is 6.98. The maximum absolute atomic E-state index is 13.1. The Kier molecular flexibility index (Phi) is 5.61. The average Bonchev–Trinajstić information content (AvgIpc) is 2.32. The fourth-order valence-electron chi connectivity index (χ4n) is 1.79. The highest BCUT2D eigenvalue weighted by Crippen LogP contribution is 2.11. The molecule has 0 aliphatic heterocycles. The summed E-state index contributed by atoms with van der Waals surface area (Å²) in [5, 5.41) is 8.79. The zero-order valence-corrected chi connectivity index (χ0v) is 11.4. The summed E-state index contributed by atoms with van der Waals surface area (Å²) < 4.78 is 25.8. The lowest BCUT2D eigenvalue weighted by molar-refractivity contribution is -0.144. The van der Waals surface area contributed by atoms with Gasteiger partial charge in [0, 0.05) is 6.54 Å². The second-order valence-corrected chi connectivity index (χ2v) is 4.99. The van der Waals surface area contributed by atoms with Crippen molar-refractivity contribution in [3.05, 3.63) is 35.4 Å². The Labute approximate surface area is 116 Å². The van der Waals surface area contributed by atoms with Crippen LogP contribution in [0.3, 0.4) is 0 Å². The summed E-state index contributed by atoms with van der Waals surface area (Å²) in [6, 6.07) is 3.20. The SMILES string of the molecule is CC(C)CN(CC(=O)O)C(=O)Cc1ccc(F)c(F)c1. The van der Waals surface area contributed by atoms with Crippen molar-refractivity contribution in [1.82, 2.24) is 4.90 Å². The van der Waals surface area contributed by atoms with E-state index in [9.17, 15) is 18.4 Å². The number of nitrogens with zero attached hydrogens (tertiary/aromatic N) is 1. The van der Waals surface area contributed by atoms with E-state index in [2.05, 4.69) is 0 Å². The molecule has 20 heavy (non-hydrogen) atoms. The highest BCUT2D eigenvalue weighted by molar-refractivity contribution is 5.83. The molecular weight excluding hydrogens is 268 g/mol. The monoisotopic (exact) mass is 285 g/mol. The van der Waals surface area contributed by atoms with Crippen molar-refractivity contribution < 1.29 is 23.5 Å². The highest BCUT2D eigenvalue weighted by Gasteiger charge is 2.18. The lowest BCUT2D eigenvalue weighted by atomic mass is 10.1. The first-order valence-electron chi connectivity index (χ1n) is 6.23. The number of amides is 1. The van der Waals surface area contributed by atoms with Crippen LogP contribution in [0, 0.1) is 17.6 Å². The zero-order chi connectivity index (χ0) is 15.3. The Morgan fingerprint density at radius 2 is 1.90 bits per heavy atom. The Balaban J connectivity index is 2.78. The molecule has 1 rings (SSSR count). The smallest absolute Gasteiger partial charge is 0.323 e. The summed E-state index contributed by atoms with van der Waals surface area (Å²) in [7, 11) is 0. The van der Waals surface area contributed by atoms with Gasteiger partial charge in [-0.15, -0.1) is 0 Å². The van der Waals surface area contributed by atoms with Gasteiger partial charge in [0.05, 0.1) is 6.42 Å². The molecule has 0 unspecified atom stereocenters. The fourth-order valence-corrected chi connectivity index (χ4v) is 1.79. The summed E-state index contributed by atoms with van der Waals surface area (Å²) in [4.78, 5) is 24.0. The van der Waals surface area contributed by atoms with E-state index in [1.807, 2.05) is 13.8 Å². The summed E-state index contributed by atoms with van der Waals surface area (Å²) >= 11 is 0. The van der Waals surface area contributed by atoms with Crippen LogP contribution in [0.5, 0.6) is 0 Å². The van der Waals surface area contributed by atoms with Gasteiger partial charge in [-0.25, -0.2) is 8.78 Å². The van der Waals surface area contributed by atoms with Crippen molar-refractivity contribution in [2.75, 3.05) is 13.1 Å². The number of benzene rings is 1. The number of carboxylic acids is 1. The molecule has 0 spiro atoms. The summed E-state index contributed by atoms with van der Waals surface area (Å²) in [6.07, 6.45) is -0.156. The topological polar surface area (TPSA) is 57.6 Å². The lowest BCUT2D eigenvalue weighted by Crippen LogP contribution is -2.39. The van der Waals surface area contributed by atoms with Gasteiger partial charge in [0.1, 0.15) is 6.54 Å². The van der Waals surface area contributed by atoms with Crippen molar-refractivity contribution in [2.45, 2.75) is 20.3 Å². The van der Waals surface area contributed by atoms with Crippen LogP contribution in [0.25, 0.3) is 0 Å². The largest absolute Gasteiger partial charge is 0.480 e. The third kappa shape index (κ3) is 4.95. The van der Waals surface area contributed by atoms with Crippen LogP contribution in [-0.4, -0.2) is 35.0 Å². The van der Waals surface area contributed by atoms with Gasteiger partial charge in [0.15, 0.2) is 11.6 Å². The van der Waals surface area contributed by atoms with E-state index in [0.29, 0.717) is 12.1 Å². The molecule has 0 radical (unpaired) electrons. The number of carbonyl (C=O) groups excluding carboxylic acids is 1. The minimum absolute atomic E-state index is 0.114. The molecule has 0 atom stereocenters. The molecule has 0 bridgehead atoms. The van der Waals surface area contributed by atoms with Gasteiger partial charge in [0.2, 0.25) is 5.91 Å². The Morgan fingerprint density at radius 3 is 2.40 bits per heavy atom. The van der Waals surface area contributed by atoms with E-state index >= 15 is 0 Å². The number of rotatable bonds is 6. The van der Waals surface area contributed by atoms with Gasteiger partial charge in [-0.1, -0.05) is 19.9 Å². The molecule has 0 saturated heterocycles. The van der Waals surface area contributed by atoms with E-state index in [0.717, 1.165) is 12.1 Å². The van der Waals surface area contributed by atoms with E-state index in [1.165, 1.54) is 11.0 Å². The first-order valence-corrected chi connectivity index (χ1v) is 6.23. The molecule has 0 aliphatic rings. The second-order valence-electron chi connectivity index (χ2n) is 4.99. The van der Waals surface area contributed by atoms with Crippen LogP contribution >= 0.6 is 0 Å². The van der Waals surface area contributed by atoms with Crippen LogP contribution in [0.1, 0.15) is 19.4 Å². The number of aliphatic carboxylic acids is 1. The standard InChI is InChI=1S/C14H17F2NO3/c1-9(2)7-17(8-14(19)20)13(18)6-10-3-4-11(15)12(16)5-10/h3-5,9H,6-8H2,1-2H3,(H,19,20). The Hall–Kier alpha value is -1.98. The summed E-state index contributed by atoms with van der Waals surface area (Å²) in [5.74, 6) is -3.42. The number of hydrogen-bond acceptors (Lipinski definition) is 2. The van der Waals surface area contributed by atoms with Crippen molar-refractivity contribution >= 4 is 11.9 Å². The first kappa shape index (κ1) is 16.1. The predicted octanol–water partition coefficient (Wildman–Crippen LogP) is 2.08. The minimum atomic E-state index is -1.11. The minimum Gasteiger partial charge on any atom is -0.480 e. The van der Waals surface area contributed by atoms with Gasteiger partial charge in [0.25, 0.3) is 0 Å². The van der Waals surface area contributed by atoms with Crippen LogP contribution in [0.15, 0.2) is 18.2 Å². The highest BCUT2D eigenvalue weighted by atomic mass is 19.2. The molecule has 0 fully saturated rings. The third-order valence-corrected chi connectivity index (χ3v) is 2.60. The first-order chi connectivity index (χ1) is 9.29. The predicted molar refractivity (Wildman–Crippen MR) is 69.1 cm³/mol. The van der Waals surface area contributed by atoms with E-state index in [1.54, 1.807) is 0 Å². The number of halogens is 2. The molecule has 0 aromatic heterocycles. The zero-order valence-electron chi connectivity index (χ0n) is 11.4. The van der Waals surface area contributed by atoms with Crippen LogP contribution < -0.4 is 0 Å². The fraction of sp³-hybridized carbons (Fsp3) is 0.429. The number of carbonyl (C=O) groups is 2. The van der Waals surface area contributed by atoms with Gasteiger partial charge in [-0.3, -0.25) is 9.59 Å².